The zero-order valence-electron chi connectivity index (χ0n) is 14.2. The summed E-state index contributed by atoms with van der Waals surface area (Å²) in [6.07, 6.45) is 4.84. The predicted molar refractivity (Wildman–Crippen MR) is 96.1 cm³/mol. The molecule has 0 atom stereocenters. The summed E-state index contributed by atoms with van der Waals surface area (Å²) in [6, 6.07) is 5.65. The highest BCUT2D eigenvalue weighted by atomic mass is 32.1. The van der Waals surface area contributed by atoms with E-state index in [2.05, 4.69) is 10.3 Å². The van der Waals surface area contributed by atoms with E-state index in [-0.39, 0.29) is 5.78 Å². The Hall–Kier alpha value is -2.54. The summed E-state index contributed by atoms with van der Waals surface area (Å²) in [6.45, 7) is 0.544. The molecule has 128 valence electrons. The molecule has 1 aromatic carbocycles. The molecule has 6 nitrogen and oxygen atoms in total. The molecule has 0 saturated heterocycles. The average molecular weight is 347 g/mol. The second kappa shape index (κ2) is 8.35. The first kappa shape index (κ1) is 17.8. The molecule has 0 aliphatic carbocycles. The quantitative estimate of drug-likeness (QED) is 0.585. The fraction of sp³-hybridized carbons (Fsp3) is 0.294. The average Bonchev–Trinajstić information content (AvgIpc) is 3.06. The Balaban J connectivity index is 2.02. The molecule has 0 fully saturated rings. The number of methoxy groups -OCH3 is 2. The van der Waals surface area contributed by atoms with Gasteiger partial charge in [0.1, 0.15) is 11.5 Å². The van der Waals surface area contributed by atoms with Crippen LogP contribution in [0.15, 0.2) is 36.7 Å². The maximum Gasteiger partial charge on any atom is 0.198 e. The van der Waals surface area contributed by atoms with Crippen LogP contribution in [-0.4, -0.2) is 44.0 Å². The first-order chi connectivity index (χ1) is 11.5. The standard InChI is InChI=1S/C17H21N3O3S/c1-20(2)8-7-14(21)16-11-19-17(24-16)18-10-12-5-6-13(22-3)9-15(12)23-4/h5-9,11H,10H2,1-4H3,(H,18,19)/b8-7+. The van der Waals surface area contributed by atoms with E-state index in [0.717, 1.165) is 17.1 Å². The van der Waals surface area contributed by atoms with Gasteiger partial charge in [-0.2, -0.15) is 0 Å². The highest BCUT2D eigenvalue weighted by molar-refractivity contribution is 7.17. The van der Waals surface area contributed by atoms with Gasteiger partial charge in [0.05, 0.1) is 25.3 Å². The lowest BCUT2D eigenvalue weighted by molar-refractivity contribution is 0.104. The SMILES string of the molecule is COc1ccc(CNc2ncc(C(=O)/C=C/N(C)C)s2)c(OC)c1. The van der Waals surface area contributed by atoms with E-state index in [9.17, 15) is 4.79 Å². The number of ether oxygens (including phenoxy) is 2. The van der Waals surface area contributed by atoms with Crippen LogP contribution in [0.25, 0.3) is 0 Å². The van der Waals surface area contributed by atoms with Gasteiger partial charge in [0.25, 0.3) is 0 Å². The van der Waals surface area contributed by atoms with Gasteiger partial charge in [-0.1, -0.05) is 11.3 Å². The van der Waals surface area contributed by atoms with E-state index in [1.807, 2.05) is 37.2 Å². The monoisotopic (exact) mass is 347 g/mol. The number of nitrogens with zero attached hydrogens (tertiary/aromatic N) is 2. The molecule has 1 aromatic heterocycles. The molecular formula is C17H21N3O3S. The smallest absolute Gasteiger partial charge is 0.198 e. The lowest BCUT2D eigenvalue weighted by Crippen LogP contribution is -2.02. The molecule has 0 spiro atoms. The van der Waals surface area contributed by atoms with Crippen molar-refractivity contribution in [3.8, 4) is 11.5 Å². The molecular weight excluding hydrogens is 326 g/mol. The minimum atomic E-state index is -0.0590. The van der Waals surface area contributed by atoms with E-state index >= 15 is 0 Å². The molecule has 1 N–H and O–H groups in total. The minimum Gasteiger partial charge on any atom is -0.497 e. The van der Waals surface area contributed by atoms with E-state index in [0.29, 0.717) is 16.6 Å². The Kier molecular flexibility index (Phi) is 6.20. The van der Waals surface area contributed by atoms with Crippen LogP contribution in [0, 0.1) is 0 Å². The number of thiazole rings is 1. The molecule has 2 rings (SSSR count). The highest BCUT2D eigenvalue weighted by Crippen LogP contribution is 2.26. The molecule has 0 amide bonds. The number of hydrogen-bond acceptors (Lipinski definition) is 7. The zero-order valence-corrected chi connectivity index (χ0v) is 15.0. The third-order valence-electron chi connectivity index (χ3n) is 3.20. The van der Waals surface area contributed by atoms with Gasteiger partial charge in [-0.15, -0.1) is 0 Å². The summed E-state index contributed by atoms with van der Waals surface area (Å²) in [5.41, 5.74) is 0.980. The molecule has 1 heterocycles. The number of nitrogens with one attached hydrogen (secondary N) is 1. The maximum atomic E-state index is 12.0. The summed E-state index contributed by atoms with van der Waals surface area (Å²) in [5, 5.41) is 3.90. The fourth-order valence-electron chi connectivity index (χ4n) is 1.94. The van der Waals surface area contributed by atoms with Crippen LogP contribution in [0.2, 0.25) is 0 Å². The molecule has 0 radical (unpaired) electrons. The van der Waals surface area contributed by atoms with Crippen molar-refractivity contribution in [1.29, 1.82) is 0 Å². The lowest BCUT2D eigenvalue weighted by atomic mass is 10.2. The molecule has 0 saturated carbocycles. The van der Waals surface area contributed by atoms with E-state index in [1.165, 1.54) is 17.4 Å². The summed E-state index contributed by atoms with van der Waals surface area (Å²) in [5.74, 6) is 1.42. The normalized spacial score (nSPS) is 10.7. The Morgan fingerprint density at radius 3 is 2.79 bits per heavy atom. The van der Waals surface area contributed by atoms with Crippen molar-refractivity contribution in [1.82, 2.24) is 9.88 Å². The topological polar surface area (TPSA) is 63.7 Å². The number of allylic oxidation sites excluding steroid dienone is 1. The van der Waals surface area contributed by atoms with Crippen LogP contribution in [0.4, 0.5) is 5.13 Å². The van der Waals surface area contributed by atoms with Crippen molar-refractivity contribution in [2.45, 2.75) is 6.54 Å². The minimum absolute atomic E-state index is 0.0590. The van der Waals surface area contributed by atoms with Gasteiger partial charge in [0.2, 0.25) is 0 Å². The summed E-state index contributed by atoms with van der Waals surface area (Å²) < 4.78 is 10.6. The Morgan fingerprint density at radius 1 is 1.33 bits per heavy atom. The number of hydrogen-bond donors (Lipinski definition) is 1. The van der Waals surface area contributed by atoms with E-state index < -0.39 is 0 Å². The Bertz CT molecular complexity index is 726. The largest absolute Gasteiger partial charge is 0.497 e. The van der Waals surface area contributed by atoms with Crippen molar-refractivity contribution in [2.75, 3.05) is 33.6 Å². The number of carbonyl (C=O) groups is 1. The Morgan fingerprint density at radius 2 is 2.12 bits per heavy atom. The van der Waals surface area contributed by atoms with E-state index in [1.54, 1.807) is 26.6 Å². The number of anilines is 1. The number of benzene rings is 1. The van der Waals surface area contributed by atoms with Gasteiger partial charge in [-0.25, -0.2) is 4.98 Å². The van der Waals surface area contributed by atoms with Gasteiger partial charge in [-0.3, -0.25) is 4.79 Å². The second-order valence-corrected chi connectivity index (χ2v) is 6.24. The van der Waals surface area contributed by atoms with Crippen molar-refractivity contribution < 1.29 is 14.3 Å². The summed E-state index contributed by atoms with van der Waals surface area (Å²) >= 11 is 1.33. The summed E-state index contributed by atoms with van der Waals surface area (Å²) in [7, 11) is 6.97. The van der Waals surface area contributed by atoms with Crippen LogP contribution in [-0.2, 0) is 6.54 Å². The van der Waals surface area contributed by atoms with Crippen LogP contribution in [0.1, 0.15) is 15.2 Å². The molecule has 24 heavy (non-hydrogen) atoms. The third kappa shape index (κ3) is 4.73. The van der Waals surface area contributed by atoms with Gasteiger partial charge in [-0.05, 0) is 12.1 Å². The van der Waals surface area contributed by atoms with Crippen LogP contribution in [0.5, 0.6) is 11.5 Å². The fourth-order valence-corrected chi connectivity index (χ4v) is 2.67. The van der Waals surface area contributed by atoms with Crippen molar-refractivity contribution in [3.05, 3.63) is 47.1 Å². The molecule has 0 unspecified atom stereocenters. The molecule has 2 aromatic rings. The molecule has 0 bridgehead atoms. The van der Waals surface area contributed by atoms with Gasteiger partial charge in [0.15, 0.2) is 10.9 Å². The summed E-state index contributed by atoms with van der Waals surface area (Å²) in [4.78, 5) is 18.7. The van der Waals surface area contributed by atoms with Gasteiger partial charge < -0.3 is 19.7 Å². The number of carbonyl (C=O) groups excluding carboxylic acids is 1. The Labute approximate surface area is 145 Å². The van der Waals surface area contributed by atoms with Gasteiger partial charge in [0, 0.05) is 44.5 Å². The predicted octanol–water partition coefficient (Wildman–Crippen LogP) is 3.03. The first-order valence-electron chi connectivity index (χ1n) is 7.33. The molecule has 0 aliphatic rings. The number of aromatic nitrogens is 1. The van der Waals surface area contributed by atoms with Crippen molar-refractivity contribution in [2.24, 2.45) is 0 Å². The number of rotatable bonds is 8. The third-order valence-corrected chi connectivity index (χ3v) is 4.17. The zero-order chi connectivity index (χ0) is 17.5. The highest BCUT2D eigenvalue weighted by Gasteiger charge is 2.09. The molecule has 7 heteroatoms. The van der Waals surface area contributed by atoms with Gasteiger partial charge >= 0.3 is 0 Å². The first-order valence-corrected chi connectivity index (χ1v) is 8.14. The lowest BCUT2D eigenvalue weighted by Gasteiger charge is -2.10. The van der Waals surface area contributed by atoms with Crippen LogP contribution >= 0.6 is 11.3 Å². The molecule has 0 aliphatic heterocycles. The van der Waals surface area contributed by atoms with Crippen LogP contribution in [0.3, 0.4) is 0 Å². The van der Waals surface area contributed by atoms with Crippen LogP contribution < -0.4 is 14.8 Å². The van der Waals surface area contributed by atoms with Crippen molar-refractivity contribution in [3.63, 3.8) is 0 Å². The number of ketones is 1. The van der Waals surface area contributed by atoms with Crippen molar-refractivity contribution >= 4 is 22.3 Å². The van der Waals surface area contributed by atoms with E-state index in [4.69, 9.17) is 9.47 Å². The maximum absolute atomic E-state index is 12.0. The second-order valence-electron chi connectivity index (χ2n) is 5.20.